The van der Waals surface area contributed by atoms with Gasteiger partial charge in [0.2, 0.25) is 0 Å². The van der Waals surface area contributed by atoms with Crippen LogP contribution in [0.25, 0.3) is 0 Å². The third-order valence-corrected chi connectivity index (χ3v) is 5.78. The Labute approximate surface area is 204 Å². The summed E-state index contributed by atoms with van der Waals surface area (Å²) in [6, 6.07) is 27.3. The quantitative estimate of drug-likeness (QED) is 0.290. The number of nitrogens with zero attached hydrogens (tertiary/aromatic N) is 1. The molecule has 0 spiro atoms. The largest absolute Gasteiger partial charge is 0.455 e. The van der Waals surface area contributed by atoms with Crippen LogP contribution in [0.3, 0.4) is 0 Å². The average molecular weight is 477 g/mol. The van der Waals surface area contributed by atoms with Gasteiger partial charge in [0, 0.05) is 18.1 Å². The van der Waals surface area contributed by atoms with Gasteiger partial charge in [-0.3, -0.25) is 9.69 Å². The number of halogens is 2. The predicted molar refractivity (Wildman–Crippen MR) is 132 cm³/mol. The molecule has 6 heteroatoms. The summed E-state index contributed by atoms with van der Waals surface area (Å²) < 4.78 is 19.6. The summed E-state index contributed by atoms with van der Waals surface area (Å²) in [5.41, 5.74) is 2.95. The van der Waals surface area contributed by atoms with Crippen molar-refractivity contribution >= 4 is 17.5 Å². The van der Waals surface area contributed by atoms with E-state index in [1.54, 1.807) is 12.1 Å². The van der Waals surface area contributed by atoms with Crippen LogP contribution in [-0.4, -0.2) is 10.8 Å². The van der Waals surface area contributed by atoms with Crippen molar-refractivity contribution < 1.29 is 13.6 Å². The van der Waals surface area contributed by atoms with E-state index in [1.165, 1.54) is 12.1 Å². The van der Waals surface area contributed by atoms with Gasteiger partial charge in [0.25, 0.3) is 5.91 Å². The molecule has 34 heavy (non-hydrogen) atoms. The second-order valence-electron chi connectivity index (χ2n) is 8.27. The zero-order valence-electron chi connectivity index (χ0n) is 18.9. The van der Waals surface area contributed by atoms with Crippen LogP contribution in [0.15, 0.2) is 95.4 Å². The molecule has 1 heterocycles. The van der Waals surface area contributed by atoms with E-state index in [0.717, 1.165) is 16.7 Å². The Kier molecular flexibility index (Phi) is 7.78. The van der Waals surface area contributed by atoms with Crippen molar-refractivity contribution in [1.82, 2.24) is 10.2 Å². The van der Waals surface area contributed by atoms with Crippen LogP contribution < -0.4 is 5.32 Å². The van der Waals surface area contributed by atoms with Crippen molar-refractivity contribution in [2.75, 3.05) is 0 Å². The summed E-state index contributed by atoms with van der Waals surface area (Å²) in [5, 5.41) is 3.64. The molecule has 0 aliphatic heterocycles. The van der Waals surface area contributed by atoms with Gasteiger partial charge in [-0.2, -0.15) is 0 Å². The molecule has 1 N–H and O–H groups in total. The summed E-state index contributed by atoms with van der Waals surface area (Å²) >= 11 is 6.02. The van der Waals surface area contributed by atoms with Crippen molar-refractivity contribution in [2.45, 2.75) is 32.6 Å². The molecule has 174 valence electrons. The minimum absolute atomic E-state index is 0.142. The molecule has 1 aromatic heterocycles. The summed E-state index contributed by atoms with van der Waals surface area (Å²) in [5.74, 6) is 0.378. The molecule has 0 saturated heterocycles. The maximum atomic E-state index is 13.7. The Hall–Kier alpha value is -3.41. The zero-order valence-corrected chi connectivity index (χ0v) is 19.6. The summed E-state index contributed by atoms with van der Waals surface area (Å²) in [4.78, 5) is 14.8. The van der Waals surface area contributed by atoms with E-state index in [2.05, 4.69) is 10.2 Å². The Bertz CT molecular complexity index is 1220. The molecule has 0 fully saturated rings. The van der Waals surface area contributed by atoms with Crippen LogP contribution >= 0.6 is 11.6 Å². The lowest BCUT2D eigenvalue weighted by atomic mass is 10.1. The number of furan rings is 1. The Morgan fingerprint density at radius 2 is 1.65 bits per heavy atom. The highest BCUT2D eigenvalue weighted by atomic mass is 35.5. The van der Waals surface area contributed by atoms with Gasteiger partial charge in [0.05, 0.1) is 12.6 Å². The highest BCUT2D eigenvalue weighted by molar-refractivity contribution is 6.30. The fourth-order valence-corrected chi connectivity index (χ4v) is 3.93. The number of hydrogen-bond acceptors (Lipinski definition) is 3. The smallest absolute Gasteiger partial charge is 0.287 e. The van der Waals surface area contributed by atoms with Crippen LogP contribution in [0.4, 0.5) is 4.39 Å². The first kappa shape index (κ1) is 23.7. The van der Waals surface area contributed by atoms with Crippen LogP contribution in [0.2, 0.25) is 5.02 Å². The molecule has 4 nitrogen and oxygen atoms in total. The van der Waals surface area contributed by atoms with Gasteiger partial charge in [-0.25, -0.2) is 4.39 Å². The van der Waals surface area contributed by atoms with Crippen molar-refractivity contribution in [3.8, 4) is 0 Å². The summed E-state index contributed by atoms with van der Waals surface area (Å²) in [6.07, 6.45) is 0. The fourth-order valence-electron chi connectivity index (χ4n) is 3.81. The van der Waals surface area contributed by atoms with Crippen LogP contribution in [0, 0.1) is 5.82 Å². The van der Waals surface area contributed by atoms with Gasteiger partial charge >= 0.3 is 0 Å². The van der Waals surface area contributed by atoms with E-state index in [1.807, 2.05) is 73.7 Å². The van der Waals surface area contributed by atoms with Crippen molar-refractivity contribution in [2.24, 2.45) is 0 Å². The minimum Gasteiger partial charge on any atom is -0.455 e. The lowest BCUT2D eigenvalue weighted by molar-refractivity contribution is 0.0907. The lowest BCUT2D eigenvalue weighted by Crippen LogP contribution is -2.26. The van der Waals surface area contributed by atoms with E-state index < -0.39 is 0 Å². The lowest BCUT2D eigenvalue weighted by Gasteiger charge is -2.22. The first-order valence-corrected chi connectivity index (χ1v) is 11.5. The molecule has 0 bridgehead atoms. The normalized spacial score (nSPS) is 12.0. The van der Waals surface area contributed by atoms with Crippen molar-refractivity contribution in [3.05, 3.63) is 130 Å². The number of hydrogen-bond donors (Lipinski definition) is 1. The number of carbonyl (C=O) groups excluding carboxylic acids is 1. The Morgan fingerprint density at radius 3 is 2.38 bits per heavy atom. The van der Waals surface area contributed by atoms with Gasteiger partial charge in [-0.15, -0.1) is 0 Å². The fraction of sp³-hybridized carbons (Fsp3) is 0.179. The van der Waals surface area contributed by atoms with E-state index in [-0.39, 0.29) is 23.5 Å². The van der Waals surface area contributed by atoms with Crippen LogP contribution in [0.5, 0.6) is 0 Å². The summed E-state index contributed by atoms with van der Waals surface area (Å²) in [6.45, 7) is 3.53. The van der Waals surface area contributed by atoms with E-state index in [4.69, 9.17) is 16.0 Å². The van der Waals surface area contributed by atoms with Gasteiger partial charge in [0.15, 0.2) is 5.76 Å². The zero-order chi connectivity index (χ0) is 23.9. The average Bonchev–Trinajstić information content (AvgIpc) is 3.30. The van der Waals surface area contributed by atoms with Crippen LogP contribution in [-0.2, 0) is 19.6 Å². The number of nitrogens with one attached hydrogen (secondary N) is 1. The van der Waals surface area contributed by atoms with Gasteiger partial charge in [-0.05, 0) is 60.0 Å². The topological polar surface area (TPSA) is 45.5 Å². The molecule has 1 unspecified atom stereocenters. The molecule has 0 aliphatic carbocycles. The molecule has 4 aromatic rings. The monoisotopic (exact) mass is 476 g/mol. The second kappa shape index (κ2) is 11.1. The molecular formula is C28H26ClFN2O2. The van der Waals surface area contributed by atoms with E-state index >= 15 is 0 Å². The third-order valence-electron chi connectivity index (χ3n) is 5.53. The van der Waals surface area contributed by atoms with Gasteiger partial charge in [0.1, 0.15) is 11.6 Å². The molecule has 4 rings (SSSR count). The third kappa shape index (κ3) is 6.56. The minimum atomic E-state index is -0.270. The molecule has 0 aliphatic rings. The first-order chi connectivity index (χ1) is 16.5. The van der Waals surface area contributed by atoms with Crippen molar-refractivity contribution in [1.29, 1.82) is 0 Å². The first-order valence-electron chi connectivity index (χ1n) is 11.1. The molecule has 3 aromatic carbocycles. The van der Waals surface area contributed by atoms with Gasteiger partial charge in [-0.1, -0.05) is 66.2 Å². The molecule has 0 saturated carbocycles. The maximum Gasteiger partial charge on any atom is 0.287 e. The van der Waals surface area contributed by atoms with E-state index in [0.29, 0.717) is 30.4 Å². The Balaban J connectivity index is 1.46. The molecule has 0 radical (unpaired) electrons. The number of rotatable bonds is 9. The number of amides is 1. The highest BCUT2D eigenvalue weighted by Gasteiger charge is 2.17. The SMILES string of the molecule is CC(NC(=O)c1ccc(CN(Cc2ccc(Cl)cc2)Cc2cccc(F)c2)o1)c1ccccc1. The van der Waals surface area contributed by atoms with Gasteiger partial charge < -0.3 is 9.73 Å². The second-order valence-corrected chi connectivity index (χ2v) is 8.71. The van der Waals surface area contributed by atoms with Crippen LogP contribution in [0.1, 0.15) is 46.0 Å². The molecule has 1 amide bonds. The summed E-state index contributed by atoms with van der Waals surface area (Å²) in [7, 11) is 0. The predicted octanol–water partition coefficient (Wildman–Crippen LogP) is 6.77. The number of carbonyl (C=O) groups is 1. The molecule has 1 atom stereocenters. The molecular weight excluding hydrogens is 451 g/mol. The standard InChI is InChI=1S/C28H26ClFN2O2/c1-20(23-7-3-2-4-8-23)31-28(33)27-15-14-26(34-27)19-32(17-21-10-12-24(29)13-11-21)18-22-6-5-9-25(30)16-22/h2-16,20H,17-19H2,1H3,(H,31,33). The number of benzene rings is 3. The van der Waals surface area contributed by atoms with E-state index in [9.17, 15) is 9.18 Å². The highest BCUT2D eigenvalue weighted by Crippen LogP contribution is 2.19. The van der Waals surface area contributed by atoms with Crippen molar-refractivity contribution in [3.63, 3.8) is 0 Å². The Morgan fingerprint density at radius 1 is 0.912 bits per heavy atom. The maximum absolute atomic E-state index is 13.7.